The molecular formula is C12H7ClN4O3S. The highest BCUT2D eigenvalue weighted by molar-refractivity contribution is 7.99. The molecule has 21 heavy (non-hydrogen) atoms. The Bertz CT molecular complexity index is 905. The molecule has 2 heterocycles. The number of carboxylic acid groups (broad SMARTS) is 1. The lowest BCUT2D eigenvalue weighted by Gasteiger charge is -2.04. The summed E-state index contributed by atoms with van der Waals surface area (Å²) in [6.45, 7) is 0. The first-order valence-corrected chi connectivity index (χ1v) is 6.87. The average Bonchev–Trinajstić information content (AvgIpc) is 2.82. The summed E-state index contributed by atoms with van der Waals surface area (Å²) in [6, 6.07) is 6.31. The Balaban J connectivity index is 1.96. The van der Waals surface area contributed by atoms with Crippen molar-refractivity contribution in [1.82, 2.24) is 19.6 Å². The van der Waals surface area contributed by atoms with Crippen molar-refractivity contribution in [3.8, 4) is 0 Å². The van der Waals surface area contributed by atoms with E-state index >= 15 is 0 Å². The molecule has 3 aromatic rings. The topological polar surface area (TPSA) is 100 Å². The third-order valence-electron chi connectivity index (χ3n) is 2.68. The summed E-state index contributed by atoms with van der Waals surface area (Å²) in [5.74, 6) is -1.09. The van der Waals surface area contributed by atoms with Crippen molar-refractivity contribution in [2.75, 3.05) is 0 Å². The fraction of sp³-hybridized carbons (Fsp3) is 0. The van der Waals surface area contributed by atoms with Crippen LogP contribution in [0, 0.1) is 0 Å². The molecule has 0 aliphatic rings. The highest BCUT2D eigenvalue weighted by Crippen LogP contribution is 2.29. The van der Waals surface area contributed by atoms with E-state index in [2.05, 4.69) is 15.2 Å². The number of benzene rings is 1. The van der Waals surface area contributed by atoms with Crippen molar-refractivity contribution < 1.29 is 9.90 Å². The predicted molar refractivity (Wildman–Crippen MR) is 76.1 cm³/mol. The lowest BCUT2D eigenvalue weighted by Crippen LogP contribution is -2.09. The first kappa shape index (κ1) is 13.7. The monoisotopic (exact) mass is 322 g/mol. The van der Waals surface area contributed by atoms with Crippen molar-refractivity contribution in [1.29, 1.82) is 0 Å². The van der Waals surface area contributed by atoms with Crippen molar-refractivity contribution in [2.45, 2.75) is 9.92 Å². The molecule has 2 N–H and O–H groups in total. The number of aromatic amines is 1. The van der Waals surface area contributed by atoms with E-state index in [1.165, 1.54) is 34.6 Å². The summed E-state index contributed by atoms with van der Waals surface area (Å²) in [5, 5.41) is 15.9. The number of hydrogen-bond acceptors (Lipinski definition) is 5. The first-order chi connectivity index (χ1) is 10.0. The van der Waals surface area contributed by atoms with Gasteiger partial charge < -0.3 is 5.11 Å². The number of nitrogens with one attached hydrogen (secondary N) is 1. The maximum Gasteiger partial charge on any atom is 0.348 e. The standard InChI is InChI=1S/C12H7ClN4O3S/c13-8-2-1-6(3-7(8)11(18)19)21-10-4-9-15-16-12(20)17(9)5-14-10/h1-5H,(H,16,20)(H,18,19). The van der Waals surface area contributed by atoms with Gasteiger partial charge in [-0.1, -0.05) is 23.4 Å². The molecule has 0 aliphatic carbocycles. The van der Waals surface area contributed by atoms with Crippen molar-refractivity contribution in [2.24, 2.45) is 0 Å². The van der Waals surface area contributed by atoms with E-state index in [1.54, 1.807) is 12.1 Å². The van der Waals surface area contributed by atoms with Gasteiger partial charge in [-0.15, -0.1) is 0 Å². The van der Waals surface area contributed by atoms with E-state index in [4.69, 9.17) is 16.7 Å². The molecule has 0 amide bonds. The normalized spacial score (nSPS) is 10.9. The number of hydrogen-bond donors (Lipinski definition) is 2. The molecule has 0 aliphatic heterocycles. The number of aromatic nitrogens is 4. The van der Waals surface area contributed by atoms with Crippen molar-refractivity contribution in [3.63, 3.8) is 0 Å². The molecule has 0 saturated carbocycles. The minimum Gasteiger partial charge on any atom is -0.478 e. The third kappa shape index (κ3) is 2.63. The van der Waals surface area contributed by atoms with Gasteiger partial charge in [0.15, 0.2) is 5.65 Å². The number of aromatic carboxylic acids is 1. The van der Waals surface area contributed by atoms with Crippen molar-refractivity contribution >= 4 is 35.0 Å². The van der Waals surface area contributed by atoms with Crippen LogP contribution in [0.15, 0.2) is 45.3 Å². The van der Waals surface area contributed by atoms with Crippen LogP contribution in [0.5, 0.6) is 0 Å². The predicted octanol–water partition coefficient (Wildman–Crippen LogP) is 1.92. The Labute approximate surface area is 126 Å². The Morgan fingerprint density at radius 3 is 2.95 bits per heavy atom. The van der Waals surface area contributed by atoms with Crippen LogP contribution < -0.4 is 5.69 Å². The second-order valence-electron chi connectivity index (χ2n) is 4.03. The highest BCUT2D eigenvalue weighted by atomic mass is 35.5. The fourth-order valence-corrected chi connectivity index (χ4v) is 2.72. The summed E-state index contributed by atoms with van der Waals surface area (Å²) in [6.07, 6.45) is 1.36. The molecule has 9 heteroatoms. The third-order valence-corrected chi connectivity index (χ3v) is 3.93. The van der Waals surface area contributed by atoms with Gasteiger partial charge >= 0.3 is 11.7 Å². The minimum absolute atomic E-state index is 0.0266. The molecule has 0 radical (unpaired) electrons. The molecular weight excluding hydrogens is 316 g/mol. The maximum atomic E-state index is 11.3. The van der Waals surface area contributed by atoms with Crippen LogP contribution in [0.4, 0.5) is 0 Å². The molecule has 0 bridgehead atoms. The Morgan fingerprint density at radius 1 is 1.38 bits per heavy atom. The van der Waals surface area contributed by atoms with Gasteiger partial charge in [-0.3, -0.25) is 0 Å². The Hall–Kier alpha value is -2.32. The quantitative estimate of drug-likeness (QED) is 0.714. The zero-order valence-corrected chi connectivity index (χ0v) is 11.9. The van der Waals surface area contributed by atoms with E-state index in [0.717, 1.165) is 0 Å². The van der Waals surface area contributed by atoms with Gasteiger partial charge in [-0.25, -0.2) is 24.1 Å². The van der Waals surface area contributed by atoms with Crippen molar-refractivity contribution in [3.05, 3.63) is 51.7 Å². The summed E-state index contributed by atoms with van der Waals surface area (Å²) in [4.78, 5) is 27.2. The molecule has 106 valence electrons. The van der Waals surface area contributed by atoms with Crippen LogP contribution >= 0.6 is 23.4 Å². The number of halogens is 1. The van der Waals surface area contributed by atoms with E-state index in [1.807, 2.05) is 0 Å². The lowest BCUT2D eigenvalue weighted by molar-refractivity contribution is 0.0697. The summed E-state index contributed by atoms with van der Waals surface area (Å²) < 4.78 is 1.27. The Kier molecular flexibility index (Phi) is 3.40. The molecule has 0 atom stereocenters. The van der Waals surface area contributed by atoms with Crippen LogP contribution in [0.1, 0.15) is 10.4 Å². The van der Waals surface area contributed by atoms with Gasteiger partial charge in [0.25, 0.3) is 0 Å². The molecule has 3 rings (SSSR count). The average molecular weight is 323 g/mol. The van der Waals surface area contributed by atoms with Crippen LogP contribution in [-0.4, -0.2) is 30.7 Å². The summed E-state index contributed by atoms with van der Waals surface area (Å²) >= 11 is 7.07. The summed E-state index contributed by atoms with van der Waals surface area (Å²) in [7, 11) is 0. The second kappa shape index (κ2) is 5.23. The first-order valence-electron chi connectivity index (χ1n) is 5.68. The van der Waals surface area contributed by atoms with Crippen LogP contribution in [-0.2, 0) is 0 Å². The van der Waals surface area contributed by atoms with Crippen LogP contribution in [0.25, 0.3) is 5.65 Å². The summed E-state index contributed by atoms with van der Waals surface area (Å²) in [5.41, 5.74) is 0.0948. The minimum atomic E-state index is -1.09. The molecule has 0 spiro atoms. The van der Waals surface area contributed by atoms with Gasteiger partial charge in [0.05, 0.1) is 10.6 Å². The highest BCUT2D eigenvalue weighted by Gasteiger charge is 2.11. The molecule has 0 unspecified atom stereocenters. The molecule has 7 nitrogen and oxygen atoms in total. The fourth-order valence-electron chi connectivity index (χ4n) is 1.70. The number of fused-ring (bicyclic) bond motifs is 1. The lowest BCUT2D eigenvalue weighted by atomic mass is 10.2. The molecule has 2 aromatic heterocycles. The van der Waals surface area contributed by atoms with E-state index in [9.17, 15) is 9.59 Å². The Morgan fingerprint density at radius 2 is 2.19 bits per heavy atom. The van der Waals surface area contributed by atoms with Gasteiger partial charge in [0.1, 0.15) is 11.4 Å². The molecule has 0 fully saturated rings. The van der Waals surface area contributed by atoms with E-state index < -0.39 is 5.97 Å². The largest absolute Gasteiger partial charge is 0.478 e. The van der Waals surface area contributed by atoms with Gasteiger partial charge in [0, 0.05) is 11.0 Å². The molecule has 1 aromatic carbocycles. The van der Waals surface area contributed by atoms with Crippen LogP contribution in [0.3, 0.4) is 0 Å². The number of rotatable bonds is 3. The van der Waals surface area contributed by atoms with Gasteiger partial charge in [-0.05, 0) is 18.2 Å². The SMILES string of the molecule is O=C(O)c1cc(Sc2cc3n[nH]c(=O)n3cn2)ccc1Cl. The van der Waals surface area contributed by atoms with Gasteiger partial charge in [0.2, 0.25) is 0 Å². The van der Waals surface area contributed by atoms with E-state index in [-0.39, 0.29) is 16.3 Å². The smallest absolute Gasteiger partial charge is 0.348 e. The van der Waals surface area contributed by atoms with E-state index in [0.29, 0.717) is 15.6 Å². The maximum absolute atomic E-state index is 11.3. The number of carbonyl (C=O) groups is 1. The number of H-pyrrole nitrogens is 1. The zero-order chi connectivity index (χ0) is 15.0. The van der Waals surface area contributed by atoms with Gasteiger partial charge in [-0.2, -0.15) is 5.10 Å². The van der Waals surface area contributed by atoms with Crippen LogP contribution in [0.2, 0.25) is 5.02 Å². The number of carboxylic acids is 1. The molecule has 0 saturated heterocycles. The second-order valence-corrected chi connectivity index (χ2v) is 5.53. The zero-order valence-electron chi connectivity index (χ0n) is 10.3. The number of nitrogens with zero attached hydrogens (tertiary/aromatic N) is 3.